The number of methoxy groups -OCH3 is 1. The second kappa shape index (κ2) is 7.98. The first-order valence-corrected chi connectivity index (χ1v) is 7.89. The van der Waals surface area contributed by atoms with Crippen LogP contribution >= 0.6 is 0 Å². The Bertz CT molecular complexity index is 897. The van der Waals surface area contributed by atoms with E-state index in [1.807, 2.05) is 12.1 Å². The second-order valence-corrected chi connectivity index (χ2v) is 5.38. The number of amides is 1. The number of nitrogens with one attached hydrogen (secondary N) is 1. The number of nitrogens with zero attached hydrogens (tertiary/aromatic N) is 2. The number of rotatable bonds is 6. The number of pyridine rings is 2. The van der Waals surface area contributed by atoms with Gasteiger partial charge in [0.2, 0.25) is 5.88 Å². The van der Waals surface area contributed by atoms with Gasteiger partial charge in [-0.25, -0.2) is 4.98 Å². The molecule has 3 rings (SSSR count). The molecule has 0 spiro atoms. The van der Waals surface area contributed by atoms with Crippen molar-refractivity contribution in [1.82, 2.24) is 10.3 Å². The molecule has 0 aliphatic heterocycles. The normalized spacial score (nSPS) is 10.2. The highest BCUT2D eigenvalue weighted by molar-refractivity contribution is 5.90. The first kappa shape index (κ1) is 17.2. The summed E-state index contributed by atoms with van der Waals surface area (Å²) in [6.45, 7) is 0.250. The molecule has 7 heteroatoms. The predicted octanol–water partition coefficient (Wildman–Crippen LogP) is 2.45. The zero-order valence-corrected chi connectivity index (χ0v) is 14.1. The third-order valence-electron chi connectivity index (χ3n) is 3.57. The molecule has 1 N–H and O–H groups in total. The zero-order chi connectivity index (χ0) is 18.4. The molecule has 1 aromatic carbocycles. The van der Waals surface area contributed by atoms with Gasteiger partial charge in [-0.3, -0.25) is 4.79 Å². The summed E-state index contributed by atoms with van der Waals surface area (Å²) in [6.07, 6.45) is 2.88. The highest BCUT2D eigenvalue weighted by Gasteiger charge is 2.14. The van der Waals surface area contributed by atoms with Gasteiger partial charge in [0, 0.05) is 37.0 Å². The van der Waals surface area contributed by atoms with Crippen LogP contribution in [0.4, 0.5) is 0 Å². The quantitative estimate of drug-likeness (QED) is 0.544. The Morgan fingerprint density at radius 3 is 2.73 bits per heavy atom. The molecular weight excluding hydrogens is 334 g/mol. The fraction of sp³-hybridized carbons (Fsp3) is 0.105. The first-order valence-electron chi connectivity index (χ1n) is 7.89. The number of carbonyl (C=O) groups is 1. The molecular formula is C19H17N3O4. The van der Waals surface area contributed by atoms with Gasteiger partial charge >= 0.3 is 5.91 Å². The molecule has 1 amide bonds. The second-order valence-electron chi connectivity index (χ2n) is 5.38. The van der Waals surface area contributed by atoms with E-state index in [1.54, 1.807) is 49.7 Å². The monoisotopic (exact) mass is 351 g/mol. The fourth-order valence-electron chi connectivity index (χ4n) is 2.24. The summed E-state index contributed by atoms with van der Waals surface area (Å²) >= 11 is 0. The Labute approximate surface area is 150 Å². The minimum atomic E-state index is -0.447. The summed E-state index contributed by atoms with van der Waals surface area (Å²) in [4.78, 5) is 16.2. The van der Waals surface area contributed by atoms with Gasteiger partial charge in [-0.15, -0.1) is 0 Å². The molecule has 0 saturated carbocycles. The third-order valence-corrected chi connectivity index (χ3v) is 3.57. The highest BCUT2D eigenvalue weighted by Crippen LogP contribution is 2.23. The van der Waals surface area contributed by atoms with E-state index in [2.05, 4.69) is 10.3 Å². The molecule has 0 saturated heterocycles. The molecule has 26 heavy (non-hydrogen) atoms. The Hall–Kier alpha value is -3.61. The number of hydrogen-bond donors (Lipinski definition) is 1. The number of benzene rings is 1. The van der Waals surface area contributed by atoms with Crippen LogP contribution < -0.4 is 19.5 Å². The predicted molar refractivity (Wildman–Crippen MR) is 93.9 cm³/mol. The maximum atomic E-state index is 12.0. The van der Waals surface area contributed by atoms with Gasteiger partial charge in [-0.1, -0.05) is 12.1 Å². The van der Waals surface area contributed by atoms with Gasteiger partial charge in [-0.05, 0) is 23.8 Å². The van der Waals surface area contributed by atoms with Crippen molar-refractivity contribution in [1.29, 1.82) is 0 Å². The van der Waals surface area contributed by atoms with Crippen LogP contribution in [0, 0.1) is 5.21 Å². The van der Waals surface area contributed by atoms with Crippen molar-refractivity contribution >= 4 is 5.91 Å². The lowest BCUT2D eigenvalue weighted by Gasteiger charge is -2.08. The molecule has 0 radical (unpaired) electrons. The SMILES string of the molecule is COc1cccc(Oc2ccc(CNC(=O)c3cccc[n+]3[O-])cn2)c1. The van der Waals surface area contributed by atoms with Crippen LogP contribution in [0.2, 0.25) is 0 Å². The largest absolute Gasteiger partial charge is 0.618 e. The Kier molecular flexibility index (Phi) is 5.28. The van der Waals surface area contributed by atoms with Crippen molar-refractivity contribution in [3.8, 4) is 17.4 Å². The van der Waals surface area contributed by atoms with Crippen molar-refractivity contribution < 1.29 is 19.0 Å². The van der Waals surface area contributed by atoms with Gasteiger partial charge in [0.1, 0.15) is 11.5 Å². The third kappa shape index (κ3) is 4.27. The van der Waals surface area contributed by atoms with Crippen LogP contribution in [0.5, 0.6) is 17.4 Å². The van der Waals surface area contributed by atoms with Crippen LogP contribution in [0.1, 0.15) is 16.1 Å². The number of carbonyl (C=O) groups excluding carboxylic acids is 1. The molecule has 0 atom stereocenters. The first-order chi connectivity index (χ1) is 12.7. The lowest BCUT2D eigenvalue weighted by atomic mass is 10.2. The average molecular weight is 351 g/mol. The van der Waals surface area contributed by atoms with Gasteiger partial charge < -0.3 is 20.0 Å². The maximum Gasteiger partial charge on any atom is 0.317 e. The highest BCUT2D eigenvalue weighted by atomic mass is 16.5. The fourth-order valence-corrected chi connectivity index (χ4v) is 2.24. The van der Waals surface area contributed by atoms with E-state index >= 15 is 0 Å². The van der Waals surface area contributed by atoms with Crippen molar-refractivity contribution in [3.05, 3.63) is 83.5 Å². The van der Waals surface area contributed by atoms with E-state index in [-0.39, 0.29) is 12.2 Å². The van der Waals surface area contributed by atoms with Crippen LogP contribution in [0.25, 0.3) is 0 Å². The summed E-state index contributed by atoms with van der Waals surface area (Å²) in [5.74, 6) is 1.28. The zero-order valence-electron chi connectivity index (χ0n) is 14.1. The lowest BCUT2D eigenvalue weighted by Crippen LogP contribution is -2.38. The van der Waals surface area contributed by atoms with Gasteiger partial charge in [-0.2, -0.15) is 4.73 Å². The minimum Gasteiger partial charge on any atom is -0.618 e. The summed E-state index contributed by atoms with van der Waals surface area (Å²) in [6, 6.07) is 15.4. The Morgan fingerprint density at radius 2 is 2.00 bits per heavy atom. The lowest BCUT2D eigenvalue weighted by molar-refractivity contribution is -0.607. The summed E-state index contributed by atoms with van der Waals surface area (Å²) < 4.78 is 11.3. The maximum absolute atomic E-state index is 12.0. The molecule has 7 nitrogen and oxygen atoms in total. The van der Waals surface area contributed by atoms with Crippen LogP contribution in [-0.2, 0) is 6.54 Å². The molecule has 2 aromatic heterocycles. The minimum absolute atomic E-state index is 0.0402. The van der Waals surface area contributed by atoms with Crippen molar-refractivity contribution in [2.24, 2.45) is 0 Å². The standard InChI is InChI=1S/C19H17N3O4/c1-25-15-5-4-6-16(11-15)26-18-9-8-14(12-20-18)13-21-19(23)17-7-2-3-10-22(17)24/h2-12H,13H2,1H3,(H,21,23). The Balaban J connectivity index is 1.59. The van der Waals surface area contributed by atoms with E-state index in [4.69, 9.17) is 9.47 Å². The van der Waals surface area contributed by atoms with E-state index < -0.39 is 5.91 Å². The molecule has 132 valence electrons. The van der Waals surface area contributed by atoms with Crippen LogP contribution in [-0.4, -0.2) is 18.0 Å². The van der Waals surface area contributed by atoms with E-state index in [1.165, 1.54) is 12.3 Å². The molecule has 3 aromatic rings. The van der Waals surface area contributed by atoms with Crippen molar-refractivity contribution in [2.45, 2.75) is 6.54 Å². The molecule has 0 aliphatic carbocycles. The topological polar surface area (TPSA) is 87.4 Å². The molecule has 0 bridgehead atoms. The van der Waals surface area contributed by atoms with Crippen molar-refractivity contribution in [3.63, 3.8) is 0 Å². The van der Waals surface area contributed by atoms with Gasteiger partial charge in [0.15, 0.2) is 6.20 Å². The average Bonchev–Trinajstić information content (AvgIpc) is 2.68. The van der Waals surface area contributed by atoms with Gasteiger partial charge in [0.05, 0.1) is 7.11 Å². The molecule has 0 fully saturated rings. The van der Waals surface area contributed by atoms with E-state index in [0.717, 1.165) is 5.56 Å². The number of hydrogen-bond acceptors (Lipinski definition) is 5. The number of aromatic nitrogens is 2. The molecule has 0 unspecified atom stereocenters. The summed E-state index contributed by atoms with van der Waals surface area (Å²) in [5.41, 5.74) is 0.822. The summed E-state index contributed by atoms with van der Waals surface area (Å²) in [7, 11) is 1.59. The van der Waals surface area contributed by atoms with Crippen LogP contribution in [0.15, 0.2) is 67.0 Å². The van der Waals surface area contributed by atoms with Gasteiger partial charge in [0.25, 0.3) is 5.69 Å². The van der Waals surface area contributed by atoms with E-state index in [0.29, 0.717) is 22.1 Å². The number of ether oxygens (including phenoxy) is 2. The van der Waals surface area contributed by atoms with Crippen molar-refractivity contribution in [2.75, 3.05) is 7.11 Å². The van der Waals surface area contributed by atoms with E-state index in [9.17, 15) is 10.0 Å². The summed E-state index contributed by atoms with van der Waals surface area (Å²) in [5, 5.41) is 14.2. The molecule has 0 aliphatic rings. The molecule has 2 heterocycles. The Morgan fingerprint density at radius 1 is 1.15 bits per heavy atom. The smallest absolute Gasteiger partial charge is 0.317 e. The van der Waals surface area contributed by atoms with Crippen LogP contribution in [0.3, 0.4) is 0 Å².